The molecule has 1 N–H and O–H groups in total. The zero-order valence-electron chi connectivity index (χ0n) is 14.4. The summed E-state index contributed by atoms with van der Waals surface area (Å²) in [5.74, 6) is 1.10. The Kier molecular flexibility index (Phi) is 4.83. The second-order valence-electron chi connectivity index (χ2n) is 6.88. The fraction of sp³-hybridized carbons (Fsp3) is 0.526. The third-order valence-electron chi connectivity index (χ3n) is 5.10. The van der Waals surface area contributed by atoms with Crippen molar-refractivity contribution in [3.8, 4) is 0 Å². The van der Waals surface area contributed by atoms with Gasteiger partial charge in [-0.15, -0.1) is 0 Å². The van der Waals surface area contributed by atoms with Gasteiger partial charge >= 0.3 is 0 Å². The molecule has 3 rings (SSSR count). The second-order valence-corrected chi connectivity index (χ2v) is 6.88. The number of imidazole rings is 1. The van der Waals surface area contributed by atoms with E-state index < -0.39 is 6.10 Å². The summed E-state index contributed by atoms with van der Waals surface area (Å²) in [5.41, 5.74) is 4.12. The fourth-order valence-corrected chi connectivity index (χ4v) is 3.51. The summed E-state index contributed by atoms with van der Waals surface area (Å²) in [7, 11) is 1.95. The lowest BCUT2D eigenvalue weighted by Gasteiger charge is -2.34. The fourth-order valence-electron chi connectivity index (χ4n) is 3.51. The van der Waals surface area contributed by atoms with E-state index in [1.807, 2.05) is 17.8 Å². The number of aliphatic hydroxyl groups excluding tert-OH is 1. The van der Waals surface area contributed by atoms with Gasteiger partial charge in [0.15, 0.2) is 0 Å². The quantitative estimate of drug-likeness (QED) is 0.943. The minimum Gasteiger partial charge on any atom is -0.385 e. The average Bonchev–Trinajstić information content (AvgIpc) is 2.97. The highest BCUT2D eigenvalue weighted by molar-refractivity contribution is 5.30. The molecule has 1 fully saturated rings. The number of hydrogen-bond acceptors (Lipinski definition) is 3. The van der Waals surface area contributed by atoms with Crippen LogP contribution in [-0.2, 0) is 13.6 Å². The largest absolute Gasteiger partial charge is 0.385 e. The Morgan fingerprint density at radius 1 is 1.26 bits per heavy atom. The van der Waals surface area contributed by atoms with E-state index in [1.54, 1.807) is 6.20 Å². The van der Waals surface area contributed by atoms with Crippen LogP contribution in [0.2, 0.25) is 0 Å². The maximum atomic E-state index is 10.6. The van der Waals surface area contributed by atoms with Gasteiger partial charge in [-0.25, -0.2) is 4.98 Å². The van der Waals surface area contributed by atoms with Gasteiger partial charge in [-0.05, 0) is 56.8 Å². The molecule has 4 heteroatoms. The van der Waals surface area contributed by atoms with Crippen molar-refractivity contribution in [1.82, 2.24) is 14.5 Å². The lowest BCUT2D eigenvalue weighted by molar-refractivity contribution is 0.0491. The molecule has 23 heavy (non-hydrogen) atoms. The van der Waals surface area contributed by atoms with Gasteiger partial charge in [-0.1, -0.05) is 23.8 Å². The number of hydrogen-bond donors (Lipinski definition) is 1. The molecule has 1 saturated heterocycles. The number of benzene rings is 1. The smallest absolute Gasteiger partial charge is 0.137 e. The average molecular weight is 313 g/mol. The summed E-state index contributed by atoms with van der Waals surface area (Å²) in [6, 6.07) is 6.68. The number of aromatic nitrogens is 2. The van der Waals surface area contributed by atoms with E-state index in [9.17, 15) is 5.11 Å². The molecule has 4 nitrogen and oxygen atoms in total. The van der Waals surface area contributed by atoms with Crippen LogP contribution in [-0.4, -0.2) is 32.6 Å². The normalized spacial score (nSPS) is 18.3. The SMILES string of the molecule is Cc1ccc(C)c(CN2CCC(C(O)c3nccn3C)CC2)c1. The highest BCUT2D eigenvalue weighted by atomic mass is 16.3. The first-order valence-electron chi connectivity index (χ1n) is 8.48. The van der Waals surface area contributed by atoms with Gasteiger partial charge < -0.3 is 9.67 Å². The van der Waals surface area contributed by atoms with Crippen molar-refractivity contribution in [3.05, 3.63) is 53.1 Å². The van der Waals surface area contributed by atoms with Crippen LogP contribution in [0.1, 0.15) is 41.5 Å². The Labute approximate surface area is 138 Å². The summed E-state index contributed by atoms with van der Waals surface area (Å²) < 4.78 is 1.92. The molecule has 1 aliphatic heterocycles. The molecular formula is C19H27N3O. The highest BCUT2D eigenvalue weighted by Gasteiger charge is 2.28. The maximum Gasteiger partial charge on any atom is 0.137 e. The Bertz CT molecular complexity index is 656. The van der Waals surface area contributed by atoms with E-state index in [4.69, 9.17) is 0 Å². The van der Waals surface area contributed by atoms with Gasteiger partial charge in [0.1, 0.15) is 11.9 Å². The first kappa shape index (κ1) is 16.2. The molecule has 2 heterocycles. The van der Waals surface area contributed by atoms with Gasteiger partial charge in [-0.3, -0.25) is 4.90 Å². The van der Waals surface area contributed by atoms with Gasteiger partial charge in [0, 0.05) is 26.0 Å². The number of aliphatic hydroxyl groups is 1. The first-order chi connectivity index (χ1) is 11.0. The Morgan fingerprint density at radius 2 is 2.00 bits per heavy atom. The van der Waals surface area contributed by atoms with Gasteiger partial charge in [0.2, 0.25) is 0 Å². The molecule has 1 aromatic carbocycles. The van der Waals surface area contributed by atoms with Crippen LogP contribution in [0.3, 0.4) is 0 Å². The first-order valence-corrected chi connectivity index (χ1v) is 8.48. The molecule has 0 radical (unpaired) electrons. The van der Waals surface area contributed by atoms with Crippen molar-refractivity contribution in [2.45, 2.75) is 39.3 Å². The predicted molar refractivity (Wildman–Crippen MR) is 92.1 cm³/mol. The van der Waals surface area contributed by atoms with Crippen LogP contribution in [0.25, 0.3) is 0 Å². The van der Waals surface area contributed by atoms with Crippen molar-refractivity contribution >= 4 is 0 Å². The number of piperidine rings is 1. The summed E-state index contributed by atoms with van der Waals surface area (Å²) >= 11 is 0. The number of aryl methyl sites for hydroxylation is 3. The third kappa shape index (κ3) is 3.65. The molecule has 1 aromatic heterocycles. The van der Waals surface area contributed by atoms with Crippen molar-refractivity contribution < 1.29 is 5.11 Å². The van der Waals surface area contributed by atoms with Crippen molar-refractivity contribution in [2.75, 3.05) is 13.1 Å². The van der Waals surface area contributed by atoms with Crippen molar-refractivity contribution in [1.29, 1.82) is 0 Å². The van der Waals surface area contributed by atoms with Gasteiger partial charge in [0.25, 0.3) is 0 Å². The number of rotatable bonds is 4. The topological polar surface area (TPSA) is 41.3 Å². The van der Waals surface area contributed by atoms with Gasteiger partial charge in [-0.2, -0.15) is 0 Å². The molecule has 2 aromatic rings. The van der Waals surface area contributed by atoms with Crippen molar-refractivity contribution in [3.63, 3.8) is 0 Å². The lowest BCUT2D eigenvalue weighted by Crippen LogP contribution is -2.35. The molecule has 0 saturated carbocycles. The summed E-state index contributed by atoms with van der Waals surface area (Å²) in [5, 5.41) is 10.6. The summed E-state index contributed by atoms with van der Waals surface area (Å²) in [4.78, 5) is 6.80. The van der Waals surface area contributed by atoms with Crippen LogP contribution in [0.15, 0.2) is 30.6 Å². The van der Waals surface area contributed by atoms with Crippen LogP contribution < -0.4 is 0 Å². The maximum absolute atomic E-state index is 10.6. The van der Waals surface area contributed by atoms with E-state index in [0.29, 0.717) is 5.92 Å². The van der Waals surface area contributed by atoms with Crippen LogP contribution in [0, 0.1) is 19.8 Å². The predicted octanol–water partition coefficient (Wildman–Crippen LogP) is 2.98. The lowest BCUT2D eigenvalue weighted by atomic mass is 9.90. The molecular weight excluding hydrogens is 286 g/mol. The zero-order chi connectivity index (χ0) is 16.4. The van der Waals surface area contributed by atoms with E-state index in [0.717, 1.165) is 38.3 Å². The molecule has 0 amide bonds. The molecule has 0 aliphatic carbocycles. The van der Waals surface area contributed by atoms with E-state index in [-0.39, 0.29) is 0 Å². The minimum absolute atomic E-state index is 0.311. The number of nitrogens with zero attached hydrogens (tertiary/aromatic N) is 3. The van der Waals surface area contributed by atoms with Crippen LogP contribution in [0.4, 0.5) is 0 Å². The number of likely N-dealkylation sites (tertiary alicyclic amines) is 1. The van der Waals surface area contributed by atoms with Crippen LogP contribution >= 0.6 is 0 Å². The molecule has 1 atom stereocenters. The van der Waals surface area contributed by atoms with E-state index >= 15 is 0 Å². The van der Waals surface area contributed by atoms with Crippen LogP contribution in [0.5, 0.6) is 0 Å². The second kappa shape index (κ2) is 6.85. The molecule has 0 spiro atoms. The molecule has 1 aliphatic rings. The van der Waals surface area contributed by atoms with Gasteiger partial charge in [0.05, 0.1) is 0 Å². The van der Waals surface area contributed by atoms with Crippen molar-refractivity contribution in [2.24, 2.45) is 13.0 Å². The standard InChI is InChI=1S/C19H27N3O/c1-14-4-5-15(2)17(12-14)13-22-9-6-16(7-10-22)18(23)19-20-8-11-21(19)3/h4-5,8,11-12,16,18,23H,6-7,9-10,13H2,1-3H3. The molecule has 124 valence electrons. The molecule has 0 bridgehead atoms. The van der Waals surface area contributed by atoms with E-state index in [1.165, 1.54) is 16.7 Å². The highest BCUT2D eigenvalue weighted by Crippen LogP contribution is 2.30. The monoisotopic (exact) mass is 313 g/mol. The zero-order valence-corrected chi connectivity index (χ0v) is 14.4. The summed E-state index contributed by atoms with van der Waals surface area (Å²) in [6.07, 6.45) is 5.26. The summed E-state index contributed by atoms with van der Waals surface area (Å²) in [6.45, 7) is 7.43. The Hall–Kier alpha value is -1.65. The third-order valence-corrected chi connectivity index (χ3v) is 5.10. The Morgan fingerprint density at radius 3 is 2.65 bits per heavy atom. The minimum atomic E-state index is -0.446. The molecule has 1 unspecified atom stereocenters. The van der Waals surface area contributed by atoms with E-state index in [2.05, 4.69) is 41.9 Å². The Balaban J connectivity index is 1.58.